The van der Waals surface area contributed by atoms with Gasteiger partial charge < -0.3 is 15.0 Å². The Kier molecular flexibility index (Phi) is 9.93. The molecule has 0 amide bonds. The Labute approximate surface area is 295 Å². The smallest absolute Gasteiger partial charge is 0.470 e. The van der Waals surface area contributed by atoms with E-state index in [1.54, 1.807) is 0 Å². The highest BCUT2D eigenvalue weighted by Crippen LogP contribution is 2.76. The molecule has 7 nitrogen and oxygen atoms in total. The molecule has 0 spiro atoms. The first-order chi connectivity index (χ1) is 22.7. The minimum absolute atomic E-state index is 0.0190. The highest BCUT2D eigenvalue weighted by Gasteiger charge is 2.70. The number of halogens is 3. The lowest BCUT2D eigenvalue weighted by atomic mass is 9.33. The van der Waals surface area contributed by atoms with Crippen molar-refractivity contribution in [3.8, 4) is 0 Å². The van der Waals surface area contributed by atoms with Gasteiger partial charge >= 0.3 is 5.51 Å². The van der Waals surface area contributed by atoms with Gasteiger partial charge in [-0.2, -0.15) is 13.2 Å². The van der Waals surface area contributed by atoms with Crippen molar-refractivity contribution in [1.82, 2.24) is 10.2 Å². The summed E-state index contributed by atoms with van der Waals surface area (Å²) in [5.41, 5.74) is -3.61. The molecule has 0 aromatic carbocycles. The van der Waals surface area contributed by atoms with Gasteiger partial charge in [0, 0.05) is 37.1 Å². The number of sulfone groups is 1. The number of nitrogens with one attached hydrogen (secondary N) is 1. The first-order valence-electron chi connectivity index (χ1n) is 18.5. The summed E-state index contributed by atoms with van der Waals surface area (Å²) in [5.74, 6) is 3.58. The summed E-state index contributed by atoms with van der Waals surface area (Å²) >= 11 is -3.40. The standard InChI is InChI=1S/C37H59F3N2O5S2/c1-25(2)26-10-15-36(41-18-19-42-20-22-49(44,45)23-21-42)17-16-34(6)27(31(26)36)8-9-29-33(5)13-12-30(46-24-47-48(43)37(38,39)40)32(3,4)28(33)11-14-35(29,34)7/h12,26-29,31,41H,1,8-11,13-24H2,2-7H3/t26-,27+,28-,29+,31+,33-,34+,35+,36-,48?/m0/s1. The third-order valence-corrected chi connectivity index (χ3v) is 17.8. The van der Waals surface area contributed by atoms with Gasteiger partial charge in [0.15, 0.2) is 9.84 Å². The second-order valence-corrected chi connectivity index (χ2v) is 21.3. The molecule has 1 N–H and O–H groups in total. The zero-order chi connectivity index (χ0) is 35.8. The predicted molar refractivity (Wildman–Crippen MR) is 187 cm³/mol. The van der Waals surface area contributed by atoms with Gasteiger partial charge in [-0.25, -0.2) is 16.8 Å². The van der Waals surface area contributed by atoms with E-state index in [2.05, 4.69) is 68.6 Å². The Morgan fingerprint density at radius 3 is 2.35 bits per heavy atom. The van der Waals surface area contributed by atoms with Crippen LogP contribution in [0, 0.1) is 51.2 Å². The van der Waals surface area contributed by atoms with E-state index >= 15 is 0 Å². The highest BCUT2D eigenvalue weighted by atomic mass is 32.2. The Balaban J connectivity index is 1.21. The molecule has 280 valence electrons. The Morgan fingerprint density at radius 1 is 1.00 bits per heavy atom. The molecule has 6 aliphatic rings. The molecule has 12 heteroatoms. The van der Waals surface area contributed by atoms with Crippen LogP contribution in [-0.2, 0) is 29.8 Å². The molecule has 0 aromatic rings. The maximum Gasteiger partial charge on any atom is 0.497 e. The summed E-state index contributed by atoms with van der Waals surface area (Å²) in [7, 11) is -2.89. The van der Waals surface area contributed by atoms with Gasteiger partial charge in [0.1, 0.15) is 5.76 Å². The zero-order valence-electron chi connectivity index (χ0n) is 30.4. The van der Waals surface area contributed by atoms with Gasteiger partial charge in [-0.3, -0.25) is 0 Å². The minimum atomic E-state index is -4.93. The van der Waals surface area contributed by atoms with Crippen molar-refractivity contribution in [2.24, 2.45) is 51.2 Å². The lowest BCUT2D eigenvalue weighted by molar-refractivity contribution is -0.224. The number of allylic oxidation sites excluding steroid dienone is 3. The van der Waals surface area contributed by atoms with Crippen LogP contribution < -0.4 is 5.32 Å². The molecule has 0 radical (unpaired) electrons. The van der Waals surface area contributed by atoms with E-state index in [0.717, 1.165) is 51.6 Å². The zero-order valence-corrected chi connectivity index (χ0v) is 32.1. The Bertz CT molecular complexity index is 1450. The molecule has 1 aliphatic heterocycles. The summed E-state index contributed by atoms with van der Waals surface area (Å²) in [5, 5.41) is 4.14. The largest absolute Gasteiger partial charge is 0.497 e. The maximum absolute atomic E-state index is 12.8. The van der Waals surface area contributed by atoms with Gasteiger partial charge in [0.05, 0.1) is 11.5 Å². The molecular formula is C37H59F3N2O5S2. The van der Waals surface area contributed by atoms with Crippen LogP contribution in [0.5, 0.6) is 0 Å². The monoisotopic (exact) mass is 732 g/mol. The summed E-state index contributed by atoms with van der Waals surface area (Å²) in [4.78, 5) is 2.30. The van der Waals surface area contributed by atoms with E-state index < -0.39 is 38.6 Å². The number of ether oxygens (including phenoxy) is 1. The fourth-order valence-electron chi connectivity index (χ4n) is 12.9. The molecular weight excluding hydrogens is 674 g/mol. The molecule has 10 atom stereocenters. The fourth-order valence-corrected chi connectivity index (χ4v) is 14.5. The molecule has 5 aliphatic carbocycles. The van der Waals surface area contributed by atoms with Crippen LogP contribution in [-0.4, -0.2) is 73.1 Å². The number of rotatable bonds is 9. The number of fused-ring (bicyclic) bond motifs is 7. The van der Waals surface area contributed by atoms with Crippen LogP contribution in [0.2, 0.25) is 0 Å². The first-order valence-corrected chi connectivity index (χ1v) is 21.4. The number of hydrogen-bond donors (Lipinski definition) is 1. The first kappa shape index (κ1) is 37.8. The quantitative estimate of drug-likeness (QED) is 0.196. The van der Waals surface area contributed by atoms with Gasteiger partial charge in [0.25, 0.3) is 11.1 Å². The Morgan fingerprint density at radius 2 is 1.69 bits per heavy atom. The summed E-state index contributed by atoms with van der Waals surface area (Å²) in [6, 6.07) is 0. The number of hydrogen-bond acceptors (Lipinski definition) is 7. The van der Waals surface area contributed by atoms with Crippen LogP contribution in [0.3, 0.4) is 0 Å². The summed E-state index contributed by atoms with van der Waals surface area (Å²) in [6.07, 6.45) is 12.0. The van der Waals surface area contributed by atoms with Crippen molar-refractivity contribution in [1.29, 1.82) is 0 Å². The van der Waals surface area contributed by atoms with E-state index in [1.807, 2.05) is 0 Å². The molecule has 0 bridgehead atoms. The Hall–Kier alpha value is -0.950. The average molecular weight is 733 g/mol. The maximum atomic E-state index is 12.8. The van der Waals surface area contributed by atoms with Gasteiger partial charge in [-0.05, 0) is 117 Å². The third kappa shape index (κ3) is 6.31. The van der Waals surface area contributed by atoms with Crippen LogP contribution >= 0.6 is 0 Å². The molecule has 1 heterocycles. The number of alkyl halides is 3. The molecule has 0 aromatic heterocycles. The molecule has 49 heavy (non-hydrogen) atoms. The van der Waals surface area contributed by atoms with Crippen molar-refractivity contribution >= 4 is 20.9 Å². The molecule has 4 saturated carbocycles. The lowest BCUT2D eigenvalue weighted by Gasteiger charge is -2.72. The van der Waals surface area contributed by atoms with Crippen LogP contribution in [0.1, 0.15) is 99.3 Å². The summed E-state index contributed by atoms with van der Waals surface area (Å²) in [6.45, 7) is 21.0. The van der Waals surface area contributed by atoms with Crippen molar-refractivity contribution in [3.63, 3.8) is 0 Å². The van der Waals surface area contributed by atoms with Gasteiger partial charge in [-0.1, -0.05) is 46.8 Å². The van der Waals surface area contributed by atoms with E-state index in [0.29, 0.717) is 48.4 Å². The van der Waals surface area contributed by atoms with Crippen LogP contribution in [0.15, 0.2) is 24.0 Å². The third-order valence-electron chi connectivity index (χ3n) is 15.5. The van der Waals surface area contributed by atoms with E-state index in [9.17, 15) is 25.8 Å². The van der Waals surface area contributed by atoms with Crippen molar-refractivity contribution in [3.05, 3.63) is 24.0 Å². The van der Waals surface area contributed by atoms with Crippen molar-refractivity contribution in [2.45, 2.75) is 110 Å². The van der Waals surface area contributed by atoms with Gasteiger partial charge in [0.2, 0.25) is 6.79 Å². The molecule has 1 unspecified atom stereocenters. The molecule has 5 fully saturated rings. The highest BCUT2D eigenvalue weighted by molar-refractivity contribution is 7.91. The number of nitrogens with zero attached hydrogens (tertiary/aromatic N) is 1. The van der Waals surface area contributed by atoms with Gasteiger partial charge in [-0.15, -0.1) is 0 Å². The van der Waals surface area contributed by atoms with E-state index in [-0.39, 0.29) is 33.3 Å². The fraction of sp³-hybridized carbons (Fsp3) is 0.892. The normalized spacial score (nSPS) is 43.7. The minimum Gasteiger partial charge on any atom is -0.470 e. The molecule has 1 saturated heterocycles. The van der Waals surface area contributed by atoms with E-state index in [4.69, 9.17) is 4.74 Å². The second-order valence-electron chi connectivity index (χ2n) is 17.8. The topological polar surface area (TPSA) is 84.9 Å². The van der Waals surface area contributed by atoms with Crippen molar-refractivity contribution in [2.75, 3.05) is 44.5 Å². The predicted octanol–water partition coefficient (Wildman–Crippen LogP) is 7.38. The van der Waals surface area contributed by atoms with Crippen LogP contribution in [0.25, 0.3) is 0 Å². The average Bonchev–Trinajstić information content (AvgIpc) is 3.39. The van der Waals surface area contributed by atoms with Crippen LogP contribution in [0.4, 0.5) is 13.2 Å². The van der Waals surface area contributed by atoms with Crippen molar-refractivity contribution < 1.29 is 34.7 Å². The second kappa shape index (κ2) is 12.9. The SMILES string of the molecule is C=C(C)[C@@H]1CC[C@]2(NCCN3CCS(=O)(=O)CC3)CC[C@]3(C)[C@H](CC[C@@H]4[C@@]5(C)CC=C(OCOS(=O)C(F)(F)F)C(C)(C)[C@@H]5CC[C@]43C)[C@@H]12. The van der Waals surface area contributed by atoms with E-state index in [1.165, 1.54) is 24.8 Å². The lowest BCUT2D eigenvalue weighted by Crippen LogP contribution is -2.68. The summed E-state index contributed by atoms with van der Waals surface area (Å²) < 4.78 is 84.0. The molecule has 6 rings (SSSR count).